The molecule has 0 bridgehead atoms. The highest BCUT2D eigenvalue weighted by molar-refractivity contribution is 7.86. The highest BCUT2D eigenvalue weighted by atomic mass is 32.2. The zero-order valence-electron chi connectivity index (χ0n) is 10.2. The third kappa shape index (κ3) is 2.73. The average molecular weight is 275 g/mol. The van der Waals surface area contributed by atoms with Gasteiger partial charge >= 0.3 is 0 Å². The van der Waals surface area contributed by atoms with Crippen LogP contribution in [0.3, 0.4) is 0 Å². The van der Waals surface area contributed by atoms with Crippen LogP contribution in [0.5, 0.6) is 5.75 Å². The van der Waals surface area contributed by atoms with Crippen LogP contribution in [0.25, 0.3) is 0 Å². The molecule has 0 fully saturated rings. The lowest BCUT2D eigenvalue weighted by Gasteiger charge is -2.17. The number of hydrogen-bond donors (Lipinski definition) is 1. The lowest BCUT2D eigenvalue weighted by molar-refractivity contribution is 0.287. The number of aromatic nitrogens is 2. The Morgan fingerprint density at radius 1 is 1.26 bits per heavy atom. The molecule has 1 atom stereocenters. The first-order valence-corrected chi connectivity index (χ1v) is 7.19. The van der Waals surface area contributed by atoms with Crippen LogP contribution in [0.2, 0.25) is 0 Å². The summed E-state index contributed by atoms with van der Waals surface area (Å²) in [6, 6.07) is 7.34. The van der Waals surface area contributed by atoms with Gasteiger partial charge in [-0.05, 0) is 36.6 Å². The van der Waals surface area contributed by atoms with Crippen molar-refractivity contribution in [3.05, 3.63) is 42.2 Å². The minimum atomic E-state index is -1.39. The number of fused-ring (bicyclic) bond motifs is 1. The minimum absolute atomic E-state index is 0.347. The Bertz CT molecular complexity index is 604. The maximum absolute atomic E-state index is 12.2. The Morgan fingerprint density at radius 3 is 2.95 bits per heavy atom. The van der Waals surface area contributed by atoms with Crippen LogP contribution in [0.4, 0.5) is 5.95 Å². The van der Waals surface area contributed by atoms with Crippen LogP contribution in [0.1, 0.15) is 12.0 Å². The van der Waals surface area contributed by atoms with E-state index >= 15 is 0 Å². The molecule has 1 aromatic heterocycles. The van der Waals surface area contributed by atoms with Crippen molar-refractivity contribution in [1.82, 2.24) is 9.97 Å². The van der Waals surface area contributed by atoms with E-state index in [9.17, 15) is 4.21 Å². The van der Waals surface area contributed by atoms with Crippen LogP contribution in [0.15, 0.2) is 41.6 Å². The van der Waals surface area contributed by atoms with Crippen molar-refractivity contribution in [2.45, 2.75) is 17.7 Å². The molecule has 5 nitrogen and oxygen atoms in total. The highest BCUT2D eigenvalue weighted by Gasteiger charge is 2.13. The predicted molar refractivity (Wildman–Crippen MR) is 72.3 cm³/mol. The molecule has 0 spiro atoms. The van der Waals surface area contributed by atoms with Gasteiger partial charge in [0.05, 0.1) is 11.5 Å². The first kappa shape index (κ1) is 12.1. The van der Waals surface area contributed by atoms with Crippen molar-refractivity contribution in [1.29, 1.82) is 0 Å². The fraction of sp³-hybridized carbons (Fsp3) is 0.231. The second kappa shape index (κ2) is 5.36. The molecule has 0 radical (unpaired) electrons. The lowest BCUT2D eigenvalue weighted by atomic mass is 10.1. The molecule has 0 amide bonds. The molecule has 1 aliphatic heterocycles. The molecular formula is C13H13N3O2S. The second-order valence-corrected chi connectivity index (χ2v) is 5.38. The van der Waals surface area contributed by atoms with E-state index in [4.69, 9.17) is 4.74 Å². The molecule has 1 aliphatic rings. The summed E-state index contributed by atoms with van der Waals surface area (Å²) >= 11 is 0. The van der Waals surface area contributed by atoms with Gasteiger partial charge in [-0.3, -0.25) is 4.72 Å². The maximum Gasteiger partial charge on any atom is 0.234 e. The number of hydrogen-bond acceptors (Lipinski definition) is 4. The van der Waals surface area contributed by atoms with Crippen LogP contribution >= 0.6 is 0 Å². The zero-order valence-corrected chi connectivity index (χ0v) is 11.0. The molecular weight excluding hydrogens is 262 g/mol. The van der Waals surface area contributed by atoms with Gasteiger partial charge in [-0.15, -0.1) is 0 Å². The maximum atomic E-state index is 12.2. The molecule has 1 N–H and O–H groups in total. The molecule has 2 aromatic rings. The number of rotatable bonds is 3. The van der Waals surface area contributed by atoms with Crippen molar-refractivity contribution >= 4 is 16.9 Å². The van der Waals surface area contributed by atoms with Gasteiger partial charge in [-0.2, -0.15) is 0 Å². The van der Waals surface area contributed by atoms with E-state index < -0.39 is 11.0 Å². The molecule has 6 heteroatoms. The molecule has 19 heavy (non-hydrogen) atoms. The van der Waals surface area contributed by atoms with Gasteiger partial charge in [0.15, 0.2) is 11.0 Å². The minimum Gasteiger partial charge on any atom is -0.493 e. The van der Waals surface area contributed by atoms with E-state index in [-0.39, 0.29) is 0 Å². The summed E-state index contributed by atoms with van der Waals surface area (Å²) in [5, 5.41) is 0. The number of benzene rings is 1. The SMILES string of the molecule is O=S(Nc1ncccn1)c1ccc2c(c1)OCCC2. The van der Waals surface area contributed by atoms with Crippen LogP contribution in [0, 0.1) is 0 Å². The fourth-order valence-electron chi connectivity index (χ4n) is 1.93. The van der Waals surface area contributed by atoms with Crippen LogP contribution < -0.4 is 9.46 Å². The summed E-state index contributed by atoms with van der Waals surface area (Å²) in [6.45, 7) is 0.721. The van der Waals surface area contributed by atoms with Gasteiger partial charge in [-0.25, -0.2) is 14.2 Å². The number of nitrogens with one attached hydrogen (secondary N) is 1. The molecule has 98 valence electrons. The van der Waals surface area contributed by atoms with Crippen LogP contribution in [-0.2, 0) is 17.4 Å². The van der Waals surface area contributed by atoms with Gasteiger partial charge in [0.2, 0.25) is 5.95 Å². The first-order valence-electron chi connectivity index (χ1n) is 6.04. The number of anilines is 1. The lowest BCUT2D eigenvalue weighted by Crippen LogP contribution is -2.11. The summed E-state index contributed by atoms with van der Waals surface area (Å²) in [5.41, 5.74) is 1.17. The quantitative estimate of drug-likeness (QED) is 0.929. The molecule has 0 saturated carbocycles. The van der Waals surface area contributed by atoms with E-state index in [1.807, 2.05) is 18.2 Å². The highest BCUT2D eigenvalue weighted by Crippen LogP contribution is 2.27. The largest absolute Gasteiger partial charge is 0.493 e. The monoisotopic (exact) mass is 275 g/mol. The van der Waals surface area contributed by atoms with Crippen LogP contribution in [-0.4, -0.2) is 20.8 Å². The Labute approximate surface area is 113 Å². The van der Waals surface area contributed by atoms with E-state index in [1.165, 1.54) is 5.56 Å². The summed E-state index contributed by atoms with van der Waals surface area (Å²) < 4.78 is 20.5. The van der Waals surface area contributed by atoms with Crippen molar-refractivity contribution in [2.24, 2.45) is 0 Å². The van der Waals surface area contributed by atoms with Gasteiger partial charge in [0.1, 0.15) is 5.75 Å². The van der Waals surface area contributed by atoms with Gasteiger partial charge in [0.25, 0.3) is 0 Å². The molecule has 1 aromatic carbocycles. The van der Waals surface area contributed by atoms with Gasteiger partial charge < -0.3 is 4.74 Å². The third-order valence-electron chi connectivity index (χ3n) is 2.85. The Balaban J connectivity index is 1.80. The fourth-order valence-corrected chi connectivity index (χ4v) is 2.72. The second-order valence-electron chi connectivity index (χ2n) is 4.16. The zero-order chi connectivity index (χ0) is 13.1. The Kier molecular flexibility index (Phi) is 3.41. The average Bonchev–Trinajstić information content (AvgIpc) is 2.48. The number of nitrogens with zero attached hydrogens (tertiary/aromatic N) is 2. The molecule has 1 unspecified atom stereocenters. The summed E-state index contributed by atoms with van der Waals surface area (Å²) in [5.74, 6) is 1.17. The molecule has 2 heterocycles. The topological polar surface area (TPSA) is 64.1 Å². The smallest absolute Gasteiger partial charge is 0.234 e. The van der Waals surface area contributed by atoms with E-state index in [2.05, 4.69) is 14.7 Å². The summed E-state index contributed by atoms with van der Waals surface area (Å²) in [4.78, 5) is 8.63. The molecule has 0 aliphatic carbocycles. The first-order chi connectivity index (χ1) is 9.33. The number of aryl methyl sites for hydroxylation is 1. The van der Waals surface area contributed by atoms with Crippen molar-refractivity contribution < 1.29 is 8.95 Å². The third-order valence-corrected chi connectivity index (χ3v) is 3.90. The van der Waals surface area contributed by atoms with E-state index in [0.29, 0.717) is 10.8 Å². The normalized spacial score (nSPS) is 15.2. The summed E-state index contributed by atoms with van der Waals surface area (Å²) in [7, 11) is -1.39. The predicted octanol–water partition coefficient (Wildman–Crippen LogP) is 1.94. The number of ether oxygens (including phenoxy) is 1. The summed E-state index contributed by atoms with van der Waals surface area (Å²) in [6.07, 6.45) is 5.24. The van der Waals surface area contributed by atoms with Crippen molar-refractivity contribution in [2.75, 3.05) is 11.3 Å². The molecule has 3 rings (SSSR count). The van der Waals surface area contributed by atoms with E-state index in [0.717, 1.165) is 25.2 Å². The van der Waals surface area contributed by atoms with Gasteiger partial charge in [-0.1, -0.05) is 6.07 Å². The van der Waals surface area contributed by atoms with Gasteiger partial charge in [0, 0.05) is 12.4 Å². The Hall–Kier alpha value is -1.95. The Morgan fingerprint density at radius 2 is 2.11 bits per heavy atom. The standard InChI is InChI=1S/C13H13N3O2S/c17-19(16-13-14-6-2-7-15-13)11-5-4-10-3-1-8-18-12(10)9-11/h2,4-7,9H,1,3,8H2,(H,14,15,16). The molecule has 0 saturated heterocycles. The van der Waals surface area contributed by atoms with Crippen molar-refractivity contribution in [3.63, 3.8) is 0 Å². The van der Waals surface area contributed by atoms with Crippen molar-refractivity contribution in [3.8, 4) is 5.75 Å². The van der Waals surface area contributed by atoms with E-state index in [1.54, 1.807) is 18.5 Å².